The van der Waals surface area contributed by atoms with Crippen molar-refractivity contribution in [3.05, 3.63) is 70.5 Å². The highest BCUT2D eigenvalue weighted by Crippen LogP contribution is 2.23. The number of benzene rings is 2. The van der Waals surface area contributed by atoms with Gasteiger partial charge in [-0.1, -0.05) is 17.7 Å². The van der Waals surface area contributed by atoms with E-state index in [2.05, 4.69) is 0 Å². The van der Waals surface area contributed by atoms with Crippen LogP contribution in [0.1, 0.15) is 33.6 Å². The van der Waals surface area contributed by atoms with E-state index in [1.54, 1.807) is 35.2 Å². The van der Waals surface area contributed by atoms with E-state index in [9.17, 15) is 14.0 Å². The number of hydrogen-bond donors (Lipinski definition) is 0. The number of ketones is 1. The van der Waals surface area contributed by atoms with Gasteiger partial charge >= 0.3 is 0 Å². The number of nitrogens with zero attached hydrogens (tertiary/aromatic N) is 1. The van der Waals surface area contributed by atoms with Gasteiger partial charge in [-0.2, -0.15) is 0 Å². The first-order valence-corrected chi connectivity index (χ1v) is 8.27. The monoisotopic (exact) mass is 345 g/mol. The molecule has 0 radical (unpaired) electrons. The topological polar surface area (TPSA) is 37.4 Å². The lowest BCUT2D eigenvalue weighted by Gasteiger charge is -2.32. The molecule has 0 aromatic heterocycles. The van der Waals surface area contributed by atoms with Crippen LogP contribution in [0, 0.1) is 11.7 Å². The van der Waals surface area contributed by atoms with Crippen molar-refractivity contribution in [2.75, 3.05) is 13.1 Å². The first-order valence-electron chi connectivity index (χ1n) is 7.89. The fraction of sp³-hybridized carbons (Fsp3) is 0.263. The van der Waals surface area contributed by atoms with Crippen molar-refractivity contribution >= 4 is 23.3 Å². The minimum atomic E-state index is -0.438. The van der Waals surface area contributed by atoms with Gasteiger partial charge in [-0.15, -0.1) is 0 Å². The Morgan fingerprint density at radius 1 is 1.08 bits per heavy atom. The predicted octanol–water partition coefficient (Wildman–Crippen LogP) is 4.21. The van der Waals surface area contributed by atoms with Crippen LogP contribution < -0.4 is 0 Å². The largest absolute Gasteiger partial charge is 0.338 e. The van der Waals surface area contributed by atoms with Crippen molar-refractivity contribution in [2.45, 2.75) is 12.8 Å². The Morgan fingerprint density at radius 3 is 2.54 bits per heavy atom. The molecular formula is C19H17ClFNO2. The molecule has 1 heterocycles. The zero-order chi connectivity index (χ0) is 17.1. The van der Waals surface area contributed by atoms with Gasteiger partial charge in [-0.3, -0.25) is 9.59 Å². The molecule has 124 valence electrons. The first-order chi connectivity index (χ1) is 11.5. The van der Waals surface area contributed by atoms with Crippen LogP contribution in [0.25, 0.3) is 0 Å². The molecule has 5 heteroatoms. The second kappa shape index (κ2) is 7.14. The Labute approximate surface area is 145 Å². The molecule has 0 aliphatic carbocycles. The summed E-state index contributed by atoms with van der Waals surface area (Å²) in [6, 6.07) is 12.4. The quantitative estimate of drug-likeness (QED) is 0.781. The van der Waals surface area contributed by atoms with Crippen molar-refractivity contribution < 1.29 is 14.0 Å². The summed E-state index contributed by atoms with van der Waals surface area (Å²) < 4.78 is 13.3. The molecule has 1 atom stereocenters. The number of carbonyl (C=O) groups is 2. The molecule has 3 nitrogen and oxygen atoms in total. The van der Waals surface area contributed by atoms with Crippen LogP contribution in [-0.4, -0.2) is 29.7 Å². The Hall–Kier alpha value is -2.20. The molecule has 3 rings (SSSR count). The Kier molecular flexibility index (Phi) is 4.95. The van der Waals surface area contributed by atoms with E-state index in [0.29, 0.717) is 29.2 Å². The van der Waals surface area contributed by atoms with Crippen LogP contribution in [0.15, 0.2) is 48.5 Å². The summed E-state index contributed by atoms with van der Waals surface area (Å²) in [5, 5.41) is 0.582. The van der Waals surface area contributed by atoms with Crippen molar-refractivity contribution in [1.29, 1.82) is 0 Å². The maximum atomic E-state index is 13.3. The van der Waals surface area contributed by atoms with Crippen molar-refractivity contribution in [3.8, 4) is 0 Å². The number of carbonyl (C=O) groups excluding carboxylic acids is 2. The fourth-order valence-corrected chi connectivity index (χ4v) is 3.16. The minimum Gasteiger partial charge on any atom is -0.338 e. The zero-order valence-electron chi connectivity index (χ0n) is 13.0. The number of halogens is 2. The lowest BCUT2D eigenvalue weighted by atomic mass is 9.89. The number of rotatable bonds is 3. The van der Waals surface area contributed by atoms with Gasteiger partial charge in [0.15, 0.2) is 5.78 Å². The third-order valence-corrected chi connectivity index (χ3v) is 4.53. The van der Waals surface area contributed by atoms with Gasteiger partial charge in [-0.05, 0) is 55.3 Å². The standard InChI is InChI=1S/C19H17ClFNO2/c20-16-8-6-13(7-9-16)18(23)15-4-2-10-22(12-15)19(24)14-3-1-5-17(21)11-14/h1,3,5-9,11,15H,2,4,10,12H2. The molecule has 24 heavy (non-hydrogen) atoms. The number of piperidine rings is 1. The highest BCUT2D eigenvalue weighted by molar-refractivity contribution is 6.30. The average Bonchev–Trinajstić information content (AvgIpc) is 2.61. The Balaban J connectivity index is 1.73. The molecule has 0 bridgehead atoms. The molecule has 1 unspecified atom stereocenters. The summed E-state index contributed by atoms with van der Waals surface area (Å²) >= 11 is 5.85. The van der Waals surface area contributed by atoms with E-state index in [1.165, 1.54) is 18.2 Å². The SMILES string of the molecule is O=C(c1ccc(Cl)cc1)C1CCCN(C(=O)c2cccc(F)c2)C1. The highest BCUT2D eigenvalue weighted by Gasteiger charge is 2.29. The van der Waals surface area contributed by atoms with Crippen LogP contribution in [0.5, 0.6) is 0 Å². The zero-order valence-corrected chi connectivity index (χ0v) is 13.8. The van der Waals surface area contributed by atoms with E-state index in [0.717, 1.165) is 12.8 Å². The van der Waals surface area contributed by atoms with E-state index in [1.807, 2.05) is 0 Å². The van der Waals surface area contributed by atoms with E-state index in [4.69, 9.17) is 11.6 Å². The smallest absolute Gasteiger partial charge is 0.253 e. The van der Waals surface area contributed by atoms with Crippen LogP contribution in [0.2, 0.25) is 5.02 Å². The first kappa shape index (κ1) is 16.7. The van der Waals surface area contributed by atoms with Crippen LogP contribution in [0.3, 0.4) is 0 Å². The summed E-state index contributed by atoms with van der Waals surface area (Å²) in [5.41, 5.74) is 0.916. The van der Waals surface area contributed by atoms with Gasteiger partial charge < -0.3 is 4.90 Å². The number of Topliss-reactive ketones (excluding diaryl/α,β-unsaturated/α-hetero) is 1. The molecule has 1 aliphatic rings. The minimum absolute atomic E-state index is 0.0170. The second-order valence-electron chi connectivity index (χ2n) is 5.97. The maximum Gasteiger partial charge on any atom is 0.253 e. The number of likely N-dealkylation sites (tertiary alicyclic amines) is 1. The number of amides is 1. The summed E-state index contributed by atoms with van der Waals surface area (Å²) in [6.45, 7) is 0.941. The molecular weight excluding hydrogens is 329 g/mol. The fourth-order valence-electron chi connectivity index (χ4n) is 3.03. The Morgan fingerprint density at radius 2 is 1.83 bits per heavy atom. The molecule has 2 aromatic carbocycles. The van der Waals surface area contributed by atoms with Gasteiger partial charge in [0.05, 0.1) is 0 Å². The van der Waals surface area contributed by atoms with Crippen LogP contribution >= 0.6 is 11.6 Å². The molecule has 1 aliphatic heterocycles. The Bertz CT molecular complexity index is 760. The van der Waals surface area contributed by atoms with Gasteiger partial charge in [0.1, 0.15) is 5.82 Å². The molecule has 0 spiro atoms. The summed E-state index contributed by atoms with van der Waals surface area (Å²) in [7, 11) is 0. The van der Waals surface area contributed by atoms with Crippen LogP contribution in [0.4, 0.5) is 4.39 Å². The lowest BCUT2D eigenvalue weighted by Crippen LogP contribution is -2.42. The molecule has 1 amide bonds. The van der Waals surface area contributed by atoms with Gasteiger partial charge in [0.25, 0.3) is 5.91 Å². The predicted molar refractivity (Wildman–Crippen MR) is 90.8 cm³/mol. The van der Waals surface area contributed by atoms with Crippen LogP contribution in [-0.2, 0) is 0 Å². The van der Waals surface area contributed by atoms with Crippen molar-refractivity contribution in [1.82, 2.24) is 4.90 Å². The van der Waals surface area contributed by atoms with E-state index in [-0.39, 0.29) is 17.6 Å². The third-order valence-electron chi connectivity index (χ3n) is 4.28. The molecule has 0 N–H and O–H groups in total. The van der Waals surface area contributed by atoms with Gasteiger partial charge in [-0.25, -0.2) is 4.39 Å². The van der Waals surface area contributed by atoms with Gasteiger partial charge in [0, 0.05) is 35.2 Å². The average molecular weight is 346 g/mol. The van der Waals surface area contributed by atoms with E-state index >= 15 is 0 Å². The van der Waals surface area contributed by atoms with Gasteiger partial charge in [0.2, 0.25) is 0 Å². The second-order valence-corrected chi connectivity index (χ2v) is 6.41. The summed E-state index contributed by atoms with van der Waals surface area (Å²) in [4.78, 5) is 26.8. The molecule has 1 saturated heterocycles. The van der Waals surface area contributed by atoms with E-state index < -0.39 is 5.82 Å². The number of hydrogen-bond acceptors (Lipinski definition) is 2. The normalized spacial score (nSPS) is 17.6. The highest BCUT2D eigenvalue weighted by atomic mass is 35.5. The molecule has 0 saturated carbocycles. The third kappa shape index (κ3) is 3.65. The lowest BCUT2D eigenvalue weighted by molar-refractivity contribution is 0.0636. The van der Waals surface area contributed by atoms with Crippen molar-refractivity contribution in [3.63, 3.8) is 0 Å². The summed E-state index contributed by atoms with van der Waals surface area (Å²) in [6.07, 6.45) is 1.50. The summed E-state index contributed by atoms with van der Waals surface area (Å²) in [5.74, 6) is -0.893. The molecule has 1 fully saturated rings. The maximum absolute atomic E-state index is 13.3. The molecule has 2 aromatic rings. The van der Waals surface area contributed by atoms with Crippen molar-refractivity contribution in [2.24, 2.45) is 5.92 Å².